The fraction of sp³-hybridized carbons (Fsp3) is 0.250. The van der Waals surface area contributed by atoms with Gasteiger partial charge in [0.25, 0.3) is 0 Å². The van der Waals surface area contributed by atoms with E-state index in [1.54, 1.807) is 0 Å². The van der Waals surface area contributed by atoms with E-state index < -0.39 is 11.9 Å². The average Bonchev–Trinajstić information content (AvgIpc) is 1.25. The Bertz CT molecular complexity index is 75.3. The van der Waals surface area contributed by atoms with Gasteiger partial charge >= 0.3 is 36.5 Å². The molecule has 6 heteroatoms. The summed E-state index contributed by atoms with van der Waals surface area (Å²) in [6, 6.07) is 0. The second kappa shape index (κ2) is 16.0. The van der Waals surface area contributed by atoms with Crippen LogP contribution in [0.15, 0.2) is 0 Å². The van der Waals surface area contributed by atoms with Gasteiger partial charge in [0.05, 0.1) is 0 Å². The van der Waals surface area contributed by atoms with E-state index in [2.05, 4.69) is 6.92 Å². The summed E-state index contributed by atoms with van der Waals surface area (Å²) < 4.78 is 0. The number of carboxylic acids is 2. The van der Waals surface area contributed by atoms with Crippen LogP contribution in [-0.4, -0.2) is 11.9 Å². The van der Waals surface area contributed by atoms with Crippen LogP contribution in [0.3, 0.4) is 0 Å². The van der Waals surface area contributed by atoms with E-state index in [0.29, 0.717) is 0 Å². The zero-order valence-corrected chi connectivity index (χ0v) is 9.26. The second-order valence-corrected chi connectivity index (χ2v) is 0.864. The Morgan fingerprint density at radius 1 is 1.30 bits per heavy atom. The first-order chi connectivity index (χ1) is 3.46. The molecular formula is C4H5CuO4Zn. The molecule has 0 N–H and O–H groups in total. The van der Waals surface area contributed by atoms with E-state index in [0.717, 1.165) is 6.92 Å². The summed E-state index contributed by atoms with van der Waals surface area (Å²) in [5.74, 6) is -2.42. The standard InChI is InChI=1S/C2H4O2.C2H3O2.Cu.Zn/c2*1-2(3)4;;/h1H3,(H,3,4);1H2,(H,3,4);;/q;-1;+1;+2/p-2. The minimum Gasteiger partial charge on any atom is -0.584 e. The molecule has 0 saturated carbocycles. The molecule has 0 unspecified atom stereocenters. The molecule has 0 aromatic heterocycles. The molecular weight excluding hydrogens is 241 g/mol. The number of carbonyl (C=O) groups excluding carboxylic acids is 2. The number of hydrogen-bond acceptors (Lipinski definition) is 4. The van der Waals surface area contributed by atoms with Crippen molar-refractivity contribution in [2.75, 3.05) is 0 Å². The maximum absolute atomic E-state index is 8.89. The summed E-state index contributed by atoms with van der Waals surface area (Å²) in [7, 11) is 0. The summed E-state index contributed by atoms with van der Waals surface area (Å²) in [5.41, 5.74) is 0. The number of rotatable bonds is 0. The molecule has 58 valence electrons. The third kappa shape index (κ3) is 173000. The maximum Gasteiger partial charge on any atom is 2.00 e. The van der Waals surface area contributed by atoms with Crippen molar-refractivity contribution < 1.29 is 56.3 Å². The minimum absolute atomic E-state index is 0. The third-order valence-corrected chi connectivity index (χ3v) is 0. The summed E-state index contributed by atoms with van der Waals surface area (Å²) in [6.07, 6.45) is 0. The van der Waals surface area contributed by atoms with Crippen LogP contribution >= 0.6 is 0 Å². The van der Waals surface area contributed by atoms with Gasteiger partial charge in [0.15, 0.2) is 0 Å². The van der Waals surface area contributed by atoms with Gasteiger partial charge in [0.2, 0.25) is 0 Å². The average molecular weight is 246 g/mol. The van der Waals surface area contributed by atoms with Crippen LogP contribution in [0.25, 0.3) is 0 Å². The summed E-state index contributed by atoms with van der Waals surface area (Å²) in [5, 5.41) is 17.7. The predicted molar refractivity (Wildman–Crippen MR) is 21.0 cm³/mol. The molecule has 0 aromatic rings. The molecule has 0 aliphatic heterocycles. The molecule has 0 fully saturated rings. The van der Waals surface area contributed by atoms with Gasteiger partial charge in [-0.05, 0) is 6.92 Å². The van der Waals surface area contributed by atoms with Crippen LogP contribution in [0.4, 0.5) is 0 Å². The maximum atomic E-state index is 8.89. The zero-order valence-electron chi connectivity index (χ0n) is 5.35. The molecule has 0 rings (SSSR count). The van der Waals surface area contributed by atoms with Gasteiger partial charge in [0, 0.05) is 5.97 Å². The molecule has 0 atom stereocenters. The summed E-state index contributed by atoms with van der Waals surface area (Å²) in [4.78, 5) is 17.7. The normalized spacial score (nSPS) is 4.90. The largest absolute Gasteiger partial charge is 2.00 e. The van der Waals surface area contributed by atoms with Crippen molar-refractivity contribution in [1.82, 2.24) is 0 Å². The van der Waals surface area contributed by atoms with E-state index in [1.807, 2.05) is 0 Å². The Morgan fingerprint density at radius 2 is 1.30 bits per heavy atom. The first-order valence-corrected chi connectivity index (χ1v) is 1.67. The molecule has 0 aromatic carbocycles. The smallest absolute Gasteiger partial charge is 0.584 e. The molecule has 4 nitrogen and oxygen atoms in total. The minimum atomic E-state index is -1.33. The fourth-order valence-corrected chi connectivity index (χ4v) is 0. The van der Waals surface area contributed by atoms with Crippen molar-refractivity contribution in [3.05, 3.63) is 6.92 Å². The molecule has 0 saturated heterocycles. The summed E-state index contributed by atoms with van der Waals surface area (Å²) in [6.45, 7) is 3.42. The Morgan fingerprint density at radius 3 is 1.30 bits per heavy atom. The second-order valence-electron chi connectivity index (χ2n) is 0.864. The number of aliphatic carboxylic acids is 2. The van der Waals surface area contributed by atoms with E-state index in [1.165, 1.54) is 0 Å². The SMILES string of the molecule is CC(=O)[O-].[CH2-]C(=O)[O-].[Cu+].[Zn+2]. The van der Waals surface area contributed by atoms with Crippen molar-refractivity contribution in [3.63, 3.8) is 0 Å². The topological polar surface area (TPSA) is 80.3 Å². The van der Waals surface area contributed by atoms with Gasteiger partial charge in [-0.2, -0.15) is 0 Å². The van der Waals surface area contributed by atoms with E-state index in [4.69, 9.17) is 19.8 Å². The van der Waals surface area contributed by atoms with Crippen molar-refractivity contribution in [3.8, 4) is 0 Å². The van der Waals surface area contributed by atoms with E-state index >= 15 is 0 Å². The van der Waals surface area contributed by atoms with Gasteiger partial charge in [0.1, 0.15) is 0 Å². The predicted octanol–water partition coefficient (Wildman–Crippen LogP) is -2.68. The van der Waals surface area contributed by atoms with Gasteiger partial charge < -0.3 is 26.7 Å². The quantitative estimate of drug-likeness (QED) is 0.344. The van der Waals surface area contributed by atoms with Crippen molar-refractivity contribution in [2.45, 2.75) is 6.92 Å². The van der Waals surface area contributed by atoms with Crippen LogP contribution in [0.5, 0.6) is 0 Å². The van der Waals surface area contributed by atoms with Gasteiger partial charge in [-0.1, -0.05) is 0 Å². The molecule has 0 amide bonds. The molecule has 0 aliphatic rings. The Balaban J connectivity index is -0.0000000300. The molecule has 10 heavy (non-hydrogen) atoms. The monoisotopic (exact) mass is 244 g/mol. The zero-order chi connectivity index (χ0) is 7.15. The van der Waals surface area contributed by atoms with Crippen LogP contribution in [0.1, 0.15) is 6.92 Å². The third-order valence-electron chi connectivity index (χ3n) is 0. The van der Waals surface area contributed by atoms with Crippen molar-refractivity contribution in [1.29, 1.82) is 0 Å². The van der Waals surface area contributed by atoms with Gasteiger partial charge in [-0.15, -0.1) is 5.97 Å². The molecule has 0 aliphatic carbocycles. The number of hydrogen-bond donors (Lipinski definition) is 0. The van der Waals surface area contributed by atoms with E-state index in [9.17, 15) is 0 Å². The van der Waals surface area contributed by atoms with Crippen molar-refractivity contribution >= 4 is 11.9 Å². The first-order valence-electron chi connectivity index (χ1n) is 1.67. The number of carbonyl (C=O) groups is 2. The van der Waals surface area contributed by atoms with Crippen LogP contribution < -0.4 is 10.2 Å². The molecule has 0 heterocycles. The van der Waals surface area contributed by atoms with Crippen LogP contribution in [0, 0.1) is 6.92 Å². The first kappa shape index (κ1) is 22.5. The Kier molecular flexibility index (Phi) is 36.0. The molecule has 0 radical (unpaired) electrons. The fourth-order valence-electron chi connectivity index (χ4n) is 0. The summed E-state index contributed by atoms with van der Waals surface area (Å²) >= 11 is 0. The Hall–Kier alpha value is -0.0471. The van der Waals surface area contributed by atoms with Crippen LogP contribution in [-0.2, 0) is 46.1 Å². The van der Waals surface area contributed by atoms with Crippen molar-refractivity contribution in [2.24, 2.45) is 0 Å². The molecule has 0 spiro atoms. The van der Waals surface area contributed by atoms with E-state index in [-0.39, 0.29) is 36.5 Å². The van der Waals surface area contributed by atoms with Gasteiger partial charge in [-0.25, -0.2) is 0 Å². The number of carboxylic acid groups (broad SMARTS) is 2. The van der Waals surface area contributed by atoms with Crippen LogP contribution in [0.2, 0.25) is 0 Å². The Labute approximate surface area is 82.2 Å². The van der Waals surface area contributed by atoms with Gasteiger partial charge in [-0.3, -0.25) is 0 Å². The molecule has 0 bridgehead atoms.